The van der Waals surface area contributed by atoms with Crippen molar-refractivity contribution in [2.75, 3.05) is 32.8 Å². The van der Waals surface area contributed by atoms with Gasteiger partial charge in [-0.2, -0.15) is 0 Å². The Hall–Kier alpha value is -1.55. The molecule has 1 aromatic carbocycles. The molecule has 0 saturated carbocycles. The number of nitrogens with zero attached hydrogens (tertiary/aromatic N) is 2. The Labute approximate surface area is 145 Å². The zero-order valence-electron chi connectivity index (χ0n) is 14.7. The topological polar surface area (TPSA) is 32.8 Å². The predicted molar refractivity (Wildman–Crippen MR) is 96.2 cm³/mol. The van der Waals surface area contributed by atoms with Gasteiger partial charge in [0, 0.05) is 19.1 Å². The number of amides is 1. The Morgan fingerprint density at radius 2 is 1.62 bits per heavy atom. The quantitative estimate of drug-likeness (QED) is 0.830. The van der Waals surface area contributed by atoms with Gasteiger partial charge in [0.15, 0.2) is 0 Å². The minimum atomic E-state index is 0.236. The molecular formula is C20H30N2O2. The molecule has 24 heavy (non-hydrogen) atoms. The average Bonchev–Trinajstić information content (AvgIpc) is 2.92. The van der Waals surface area contributed by atoms with Gasteiger partial charge < -0.3 is 14.5 Å². The highest BCUT2D eigenvalue weighted by molar-refractivity contribution is 5.76. The van der Waals surface area contributed by atoms with Crippen LogP contribution in [0.3, 0.4) is 0 Å². The van der Waals surface area contributed by atoms with Crippen LogP contribution in [0.1, 0.15) is 44.9 Å². The SMILES string of the molecule is O=C(CCOc1ccccc1)N1CCC(N2CCCCCC2)CC1. The molecule has 0 radical (unpaired) electrons. The molecule has 2 aliphatic rings. The summed E-state index contributed by atoms with van der Waals surface area (Å²) in [6.07, 6.45) is 8.19. The number of carbonyl (C=O) groups excluding carboxylic acids is 1. The summed E-state index contributed by atoms with van der Waals surface area (Å²) >= 11 is 0. The fourth-order valence-corrected chi connectivity index (χ4v) is 3.87. The smallest absolute Gasteiger partial charge is 0.225 e. The third-order valence-electron chi connectivity index (χ3n) is 5.30. The molecular weight excluding hydrogens is 300 g/mol. The maximum Gasteiger partial charge on any atom is 0.225 e. The average molecular weight is 330 g/mol. The Morgan fingerprint density at radius 3 is 2.29 bits per heavy atom. The van der Waals surface area contributed by atoms with Crippen LogP contribution in [0, 0.1) is 0 Å². The fraction of sp³-hybridized carbons (Fsp3) is 0.650. The number of carbonyl (C=O) groups is 1. The number of hydrogen-bond donors (Lipinski definition) is 0. The van der Waals surface area contributed by atoms with Crippen molar-refractivity contribution in [3.63, 3.8) is 0 Å². The first-order valence-electron chi connectivity index (χ1n) is 9.52. The van der Waals surface area contributed by atoms with Gasteiger partial charge in [0.2, 0.25) is 5.91 Å². The minimum absolute atomic E-state index is 0.236. The number of rotatable bonds is 5. The van der Waals surface area contributed by atoms with Crippen molar-refractivity contribution in [3.05, 3.63) is 30.3 Å². The van der Waals surface area contributed by atoms with Crippen molar-refractivity contribution in [2.45, 2.75) is 51.0 Å². The number of piperidine rings is 1. The molecule has 0 unspecified atom stereocenters. The Bertz CT molecular complexity index is 490. The van der Waals surface area contributed by atoms with Crippen molar-refractivity contribution < 1.29 is 9.53 Å². The number of para-hydroxylation sites is 1. The van der Waals surface area contributed by atoms with Crippen molar-refractivity contribution in [1.29, 1.82) is 0 Å². The van der Waals surface area contributed by atoms with Crippen molar-refractivity contribution in [2.24, 2.45) is 0 Å². The number of hydrogen-bond acceptors (Lipinski definition) is 3. The van der Waals surface area contributed by atoms with Crippen LogP contribution in [-0.2, 0) is 4.79 Å². The molecule has 0 aromatic heterocycles. The fourth-order valence-electron chi connectivity index (χ4n) is 3.87. The maximum absolute atomic E-state index is 12.4. The Morgan fingerprint density at radius 1 is 0.958 bits per heavy atom. The van der Waals surface area contributed by atoms with Crippen LogP contribution in [0.4, 0.5) is 0 Å². The molecule has 0 spiro atoms. The lowest BCUT2D eigenvalue weighted by molar-refractivity contribution is -0.133. The van der Waals surface area contributed by atoms with Crippen LogP contribution in [0.15, 0.2) is 30.3 Å². The van der Waals surface area contributed by atoms with Gasteiger partial charge in [-0.05, 0) is 50.9 Å². The molecule has 1 amide bonds. The van der Waals surface area contributed by atoms with Gasteiger partial charge in [-0.15, -0.1) is 0 Å². The first-order valence-corrected chi connectivity index (χ1v) is 9.52. The molecule has 1 aromatic rings. The molecule has 132 valence electrons. The van der Waals surface area contributed by atoms with Crippen LogP contribution in [0.5, 0.6) is 5.75 Å². The summed E-state index contributed by atoms with van der Waals surface area (Å²) in [4.78, 5) is 17.1. The van der Waals surface area contributed by atoms with E-state index >= 15 is 0 Å². The largest absolute Gasteiger partial charge is 0.493 e. The highest BCUT2D eigenvalue weighted by atomic mass is 16.5. The predicted octanol–water partition coefficient (Wildman–Crippen LogP) is 3.32. The van der Waals surface area contributed by atoms with Crippen molar-refractivity contribution in [1.82, 2.24) is 9.80 Å². The number of ether oxygens (including phenoxy) is 1. The molecule has 4 nitrogen and oxygen atoms in total. The van der Waals surface area contributed by atoms with E-state index in [1.807, 2.05) is 35.2 Å². The molecule has 0 aliphatic carbocycles. The van der Waals surface area contributed by atoms with E-state index in [9.17, 15) is 4.79 Å². The molecule has 2 aliphatic heterocycles. The minimum Gasteiger partial charge on any atom is -0.493 e. The monoisotopic (exact) mass is 330 g/mol. The highest BCUT2D eigenvalue weighted by Crippen LogP contribution is 2.21. The van der Waals surface area contributed by atoms with E-state index in [1.165, 1.54) is 38.8 Å². The molecule has 2 fully saturated rings. The van der Waals surface area contributed by atoms with Gasteiger partial charge in [0.1, 0.15) is 5.75 Å². The molecule has 2 saturated heterocycles. The first-order chi connectivity index (χ1) is 11.8. The van der Waals surface area contributed by atoms with Gasteiger partial charge in [-0.1, -0.05) is 31.0 Å². The standard InChI is InChI=1S/C20H30N2O2/c23-20(12-17-24-19-8-4-3-5-9-19)22-15-10-18(11-16-22)21-13-6-1-2-7-14-21/h3-5,8-9,18H,1-2,6-7,10-17H2. The first kappa shape index (κ1) is 17.3. The maximum atomic E-state index is 12.4. The lowest BCUT2D eigenvalue weighted by Crippen LogP contribution is -2.47. The zero-order valence-corrected chi connectivity index (χ0v) is 14.7. The van der Waals surface area contributed by atoms with Crippen molar-refractivity contribution in [3.8, 4) is 5.75 Å². The van der Waals surface area contributed by atoms with E-state index in [1.54, 1.807) is 0 Å². The Balaban J connectivity index is 1.37. The van der Waals surface area contributed by atoms with E-state index in [0.717, 1.165) is 31.7 Å². The van der Waals surface area contributed by atoms with Gasteiger partial charge in [0.25, 0.3) is 0 Å². The van der Waals surface area contributed by atoms with Crippen LogP contribution >= 0.6 is 0 Å². The molecule has 2 heterocycles. The lowest BCUT2D eigenvalue weighted by Gasteiger charge is -2.38. The van der Waals surface area contributed by atoms with Gasteiger partial charge in [-0.3, -0.25) is 4.79 Å². The molecule has 4 heteroatoms. The van der Waals surface area contributed by atoms with E-state index in [2.05, 4.69) is 4.90 Å². The van der Waals surface area contributed by atoms with Crippen LogP contribution in [0.25, 0.3) is 0 Å². The summed E-state index contributed by atoms with van der Waals surface area (Å²) < 4.78 is 5.64. The van der Waals surface area contributed by atoms with Gasteiger partial charge in [0.05, 0.1) is 13.0 Å². The Kier molecular flexibility index (Phi) is 6.53. The normalized spacial score (nSPS) is 20.6. The van der Waals surface area contributed by atoms with E-state index in [4.69, 9.17) is 4.74 Å². The lowest BCUT2D eigenvalue weighted by atomic mass is 10.0. The van der Waals surface area contributed by atoms with Crippen LogP contribution in [-0.4, -0.2) is 54.5 Å². The number of benzene rings is 1. The van der Waals surface area contributed by atoms with Crippen LogP contribution < -0.4 is 4.74 Å². The second-order valence-corrected chi connectivity index (χ2v) is 6.97. The molecule has 0 N–H and O–H groups in total. The third-order valence-corrected chi connectivity index (χ3v) is 5.30. The summed E-state index contributed by atoms with van der Waals surface area (Å²) in [5.41, 5.74) is 0. The third kappa shape index (κ3) is 4.97. The molecule has 0 atom stereocenters. The summed E-state index contributed by atoms with van der Waals surface area (Å²) in [6, 6.07) is 10.4. The summed E-state index contributed by atoms with van der Waals surface area (Å²) in [6.45, 7) is 4.79. The molecule has 3 rings (SSSR count). The van der Waals surface area contributed by atoms with E-state index in [-0.39, 0.29) is 5.91 Å². The second-order valence-electron chi connectivity index (χ2n) is 6.97. The summed E-state index contributed by atoms with van der Waals surface area (Å²) in [7, 11) is 0. The zero-order chi connectivity index (χ0) is 16.6. The number of likely N-dealkylation sites (tertiary alicyclic amines) is 2. The second kappa shape index (κ2) is 9.07. The van der Waals surface area contributed by atoms with E-state index in [0.29, 0.717) is 19.1 Å². The van der Waals surface area contributed by atoms with E-state index < -0.39 is 0 Å². The van der Waals surface area contributed by atoms with Crippen molar-refractivity contribution >= 4 is 5.91 Å². The molecule has 0 bridgehead atoms. The van der Waals surface area contributed by atoms with Crippen LogP contribution in [0.2, 0.25) is 0 Å². The van der Waals surface area contributed by atoms with Gasteiger partial charge in [-0.25, -0.2) is 0 Å². The summed E-state index contributed by atoms with van der Waals surface area (Å²) in [5, 5.41) is 0. The summed E-state index contributed by atoms with van der Waals surface area (Å²) in [5.74, 6) is 1.07. The van der Waals surface area contributed by atoms with Gasteiger partial charge >= 0.3 is 0 Å². The highest BCUT2D eigenvalue weighted by Gasteiger charge is 2.26.